The second-order valence-corrected chi connectivity index (χ2v) is 6.36. The molecule has 3 rings (SSSR count). The molecule has 0 aromatic carbocycles. The van der Waals surface area contributed by atoms with E-state index in [4.69, 9.17) is 0 Å². The first-order chi connectivity index (χ1) is 10.6. The summed E-state index contributed by atoms with van der Waals surface area (Å²) in [5.41, 5.74) is 0.881. The van der Waals surface area contributed by atoms with Gasteiger partial charge in [-0.1, -0.05) is 17.2 Å². The highest BCUT2D eigenvalue weighted by atomic mass is 16.6. The average Bonchev–Trinajstić information content (AvgIpc) is 3.18. The van der Waals surface area contributed by atoms with Crippen molar-refractivity contribution in [3.63, 3.8) is 0 Å². The number of aromatic nitrogens is 2. The van der Waals surface area contributed by atoms with Crippen LogP contribution in [0.25, 0.3) is 0 Å². The van der Waals surface area contributed by atoms with Crippen molar-refractivity contribution in [2.75, 3.05) is 26.2 Å². The van der Waals surface area contributed by atoms with E-state index in [0.717, 1.165) is 32.4 Å². The van der Waals surface area contributed by atoms with Gasteiger partial charge in [0, 0.05) is 26.2 Å². The summed E-state index contributed by atoms with van der Waals surface area (Å²) in [6.45, 7) is 6.67. The van der Waals surface area contributed by atoms with Gasteiger partial charge in [0.1, 0.15) is 11.4 Å². The standard InChI is InChI=1S/C15H22N4O3/c1-3-6-18-7-4-15(14(18)21)5-8-19(10-15)13(20)9-12-11(2)16-22-17-12/h3-10H2,1-2H3. The molecule has 2 saturated heterocycles. The number of carbonyl (C=O) groups is 2. The molecule has 0 bridgehead atoms. The molecule has 7 nitrogen and oxygen atoms in total. The highest BCUT2D eigenvalue weighted by Crippen LogP contribution is 2.40. The lowest BCUT2D eigenvalue weighted by Gasteiger charge is -2.23. The molecule has 7 heteroatoms. The topological polar surface area (TPSA) is 79.5 Å². The maximum Gasteiger partial charge on any atom is 0.230 e. The van der Waals surface area contributed by atoms with Crippen LogP contribution in [0.1, 0.15) is 37.6 Å². The number of hydrogen-bond acceptors (Lipinski definition) is 5. The Kier molecular flexibility index (Phi) is 3.88. The quantitative estimate of drug-likeness (QED) is 0.821. The predicted octanol–water partition coefficient (Wildman–Crippen LogP) is 0.782. The van der Waals surface area contributed by atoms with Crippen LogP contribution >= 0.6 is 0 Å². The highest BCUT2D eigenvalue weighted by Gasteiger charge is 2.51. The second kappa shape index (κ2) is 5.70. The molecule has 2 fully saturated rings. The number of amides is 2. The van der Waals surface area contributed by atoms with Gasteiger partial charge in [0.15, 0.2) is 0 Å². The SMILES string of the molecule is CCCN1CCC2(CCN(C(=O)Cc3nonc3C)C2)C1=O. The first-order valence-corrected chi connectivity index (χ1v) is 7.91. The van der Waals surface area contributed by atoms with Crippen LogP contribution in [-0.2, 0) is 16.0 Å². The van der Waals surface area contributed by atoms with E-state index in [0.29, 0.717) is 24.5 Å². The molecule has 2 aliphatic heterocycles. The maximum atomic E-state index is 12.6. The zero-order valence-corrected chi connectivity index (χ0v) is 13.2. The smallest absolute Gasteiger partial charge is 0.230 e. The molecule has 1 aromatic rings. The lowest BCUT2D eigenvalue weighted by atomic mass is 9.85. The molecule has 120 valence electrons. The van der Waals surface area contributed by atoms with Crippen molar-refractivity contribution >= 4 is 11.8 Å². The van der Waals surface area contributed by atoms with Gasteiger partial charge in [-0.15, -0.1) is 0 Å². The lowest BCUT2D eigenvalue weighted by Crippen LogP contribution is -2.39. The fourth-order valence-electron chi connectivity index (χ4n) is 3.50. The number of nitrogens with zero attached hydrogens (tertiary/aromatic N) is 4. The van der Waals surface area contributed by atoms with Crippen LogP contribution in [-0.4, -0.2) is 58.1 Å². The van der Waals surface area contributed by atoms with E-state index in [1.807, 2.05) is 4.90 Å². The predicted molar refractivity (Wildman–Crippen MR) is 77.9 cm³/mol. The molecular weight excluding hydrogens is 284 g/mol. The Morgan fingerprint density at radius 1 is 1.32 bits per heavy atom. The van der Waals surface area contributed by atoms with Crippen molar-refractivity contribution < 1.29 is 14.2 Å². The summed E-state index contributed by atoms with van der Waals surface area (Å²) in [6, 6.07) is 0. The van der Waals surface area contributed by atoms with Gasteiger partial charge in [0.2, 0.25) is 11.8 Å². The summed E-state index contributed by atoms with van der Waals surface area (Å²) in [5, 5.41) is 7.45. The summed E-state index contributed by atoms with van der Waals surface area (Å²) in [4.78, 5) is 28.8. The third-order valence-electron chi connectivity index (χ3n) is 4.87. The minimum absolute atomic E-state index is 0.00239. The average molecular weight is 306 g/mol. The summed E-state index contributed by atoms with van der Waals surface area (Å²) < 4.78 is 4.63. The number of carbonyl (C=O) groups excluding carboxylic acids is 2. The molecule has 2 aliphatic rings. The summed E-state index contributed by atoms with van der Waals surface area (Å²) in [6.07, 6.45) is 2.80. The van der Waals surface area contributed by atoms with E-state index in [1.165, 1.54) is 0 Å². The Morgan fingerprint density at radius 2 is 2.09 bits per heavy atom. The van der Waals surface area contributed by atoms with E-state index in [-0.39, 0.29) is 23.7 Å². The normalized spacial score (nSPS) is 24.7. The van der Waals surface area contributed by atoms with E-state index >= 15 is 0 Å². The minimum atomic E-state index is -0.345. The first kappa shape index (κ1) is 15.0. The van der Waals surface area contributed by atoms with Crippen LogP contribution in [0, 0.1) is 12.3 Å². The molecule has 2 amide bonds. The van der Waals surface area contributed by atoms with Crippen molar-refractivity contribution in [2.24, 2.45) is 5.41 Å². The molecule has 22 heavy (non-hydrogen) atoms. The Hall–Kier alpha value is -1.92. The van der Waals surface area contributed by atoms with Gasteiger partial charge < -0.3 is 9.80 Å². The van der Waals surface area contributed by atoms with E-state index < -0.39 is 0 Å². The lowest BCUT2D eigenvalue weighted by molar-refractivity contribution is -0.136. The zero-order chi connectivity index (χ0) is 15.7. The fourth-order valence-corrected chi connectivity index (χ4v) is 3.50. The van der Waals surface area contributed by atoms with E-state index in [1.54, 1.807) is 11.8 Å². The van der Waals surface area contributed by atoms with Crippen LogP contribution in [0.2, 0.25) is 0 Å². The van der Waals surface area contributed by atoms with Crippen LogP contribution in [0.3, 0.4) is 0 Å². The third kappa shape index (κ3) is 2.48. The Balaban J connectivity index is 1.64. The molecule has 1 unspecified atom stereocenters. The number of rotatable bonds is 4. The van der Waals surface area contributed by atoms with Gasteiger partial charge in [-0.05, 0) is 26.2 Å². The molecule has 0 N–H and O–H groups in total. The molecule has 1 aromatic heterocycles. The monoisotopic (exact) mass is 306 g/mol. The highest BCUT2D eigenvalue weighted by molar-refractivity contribution is 5.87. The summed E-state index contributed by atoms with van der Waals surface area (Å²) in [7, 11) is 0. The van der Waals surface area contributed by atoms with Crippen LogP contribution in [0.4, 0.5) is 0 Å². The largest absolute Gasteiger partial charge is 0.342 e. The van der Waals surface area contributed by atoms with Gasteiger partial charge in [-0.25, -0.2) is 4.63 Å². The minimum Gasteiger partial charge on any atom is -0.342 e. The number of hydrogen-bond donors (Lipinski definition) is 0. The molecule has 1 spiro atoms. The van der Waals surface area contributed by atoms with Crippen molar-refractivity contribution in [3.05, 3.63) is 11.4 Å². The van der Waals surface area contributed by atoms with Gasteiger partial charge >= 0.3 is 0 Å². The molecular formula is C15H22N4O3. The Bertz CT molecular complexity index is 585. The third-order valence-corrected chi connectivity index (χ3v) is 4.87. The molecule has 0 saturated carbocycles. The molecule has 0 aliphatic carbocycles. The Labute approximate surface area is 129 Å². The van der Waals surface area contributed by atoms with Gasteiger partial charge in [-0.3, -0.25) is 9.59 Å². The Morgan fingerprint density at radius 3 is 2.77 bits per heavy atom. The van der Waals surface area contributed by atoms with Gasteiger partial charge in [-0.2, -0.15) is 0 Å². The number of likely N-dealkylation sites (tertiary alicyclic amines) is 2. The molecule has 0 radical (unpaired) electrons. The van der Waals surface area contributed by atoms with Gasteiger partial charge in [0.25, 0.3) is 0 Å². The van der Waals surface area contributed by atoms with Gasteiger partial charge in [0.05, 0.1) is 11.8 Å². The summed E-state index contributed by atoms with van der Waals surface area (Å²) in [5.74, 6) is 0.223. The first-order valence-electron chi connectivity index (χ1n) is 7.91. The van der Waals surface area contributed by atoms with Crippen molar-refractivity contribution in [1.29, 1.82) is 0 Å². The van der Waals surface area contributed by atoms with E-state index in [9.17, 15) is 9.59 Å². The van der Waals surface area contributed by atoms with Crippen molar-refractivity contribution in [3.8, 4) is 0 Å². The maximum absolute atomic E-state index is 12.6. The second-order valence-electron chi connectivity index (χ2n) is 6.36. The summed E-state index contributed by atoms with van der Waals surface area (Å²) >= 11 is 0. The zero-order valence-electron chi connectivity index (χ0n) is 13.2. The van der Waals surface area contributed by atoms with Crippen LogP contribution in [0.5, 0.6) is 0 Å². The molecule has 3 heterocycles. The van der Waals surface area contributed by atoms with E-state index in [2.05, 4.69) is 21.9 Å². The number of aryl methyl sites for hydroxylation is 1. The van der Waals surface area contributed by atoms with Crippen LogP contribution < -0.4 is 0 Å². The van der Waals surface area contributed by atoms with Crippen molar-refractivity contribution in [2.45, 2.75) is 39.5 Å². The molecule has 1 atom stereocenters. The van der Waals surface area contributed by atoms with Crippen molar-refractivity contribution in [1.82, 2.24) is 20.1 Å². The fraction of sp³-hybridized carbons (Fsp3) is 0.733. The van der Waals surface area contributed by atoms with Crippen LogP contribution in [0.15, 0.2) is 4.63 Å².